The summed E-state index contributed by atoms with van der Waals surface area (Å²) in [7, 11) is 0. The molecule has 2 aromatic rings. The van der Waals surface area contributed by atoms with Gasteiger partial charge >= 0.3 is 0 Å². The van der Waals surface area contributed by atoms with Crippen LogP contribution in [0.1, 0.15) is 22.8 Å². The van der Waals surface area contributed by atoms with Gasteiger partial charge < -0.3 is 5.11 Å². The summed E-state index contributed by atoms with van der Waals surface area (Å²) in [4.78, 5) is 0. The second-order valence-electron chi connectivity index (χ2n) is 3.93. The number of halogens is 2. The molecule has 0 radical (unpaired) electrons. The molecule has 0 saturated carbocycles. The molecule has 0 bridgehead atoms. The summed E-state index contributed by atoms with van der Waals surface area (Å²) in [5, 5.41) is 10.2. The molecule has 1 atom stereocenters. The molecule has 3 heteroatoms. The van der Waals surface area contributed by atoms with E-state index in [2.05, 4.69) is 15.9 Å². The van der Waals surface area contributed by atoms with Gasteiger partial charge in [-0.1, -0.05) is 46.3 Å². The van der Waals surface area contributed by atoms with Gasteiger partial charge in [-0.15, -0.1) is 0 Å². The Kier molecular flexibility index (Phi) is 3.60. The lowest BCUT2D eigenvalue weighted by atomic mass is 10.00. The number of rotatable bonds is 2. The third kappa shape index (κ3) is 2.56. The molecular formula is C14H12BrFO. The van der Waals surface area contributed by atoms with E-state index in [1.165, 1.54) is 6.07 Å². The molecule has 0 fully saturated rings. The van der Waals surface area contributed by atoms with Crippen LogP contribution in [-0.4, -0.2) is 5.11 Å². The summed E-state index contributed by atoms with van der Waals surface area (Å²) in [5.41, 5.74) is 2.00. The molecular weight excluding hydrogens is 283 g/mol. The summed E-state index contributed by atoms with van der Waals surface area (Å²) >= 11 is 3.39. The van der Waals surface area contributed by atoms with Gasteiger partial charge in [0.25, 0.3) is 0 Å². The van der Waals surface area contributed by atoms with Crippen LogP contribution in [0.4, 0.5) is 4.39 Å². The third-order valence-electron chi connectivity index (χ3n) is 2.70. The normalized spacial score (nSPS) is 12.5. The predicted molar refractivity (Wildman–Crippen MR) is 69.3 cm³/mol. The summed E-state index contributed by atoms with van der Waals surface area (Å²) in [6.07, 6.45) is -0.745. The van der Waals surface area contributed by atoms with Gasteiger partial charge in [0.05, 0.1) is 0 Å². The lowest BCUT2D eigenvalue weighted by Crippen LogP contribution is -2.01. The first-order chi connectivity index (χ1) is 8.09. The van der Waals surface area contributed by atoms with Gasteiger partial charge in [-0.25, -0.2) is 4.39 Å². The molecule has 0 aliphatic carbocycles. The zero-order valence-corrected chi connectivity index (χ0v) is 10.9. The Morgan fingerprint density at radius 1 is 1.18 bits per heavy atom. The summed E-state index contributed by atoms with van der Waals surface area (Å²) in [5.74, 6) is -0.256. The fourth-order valence-corrected chi connectivity index (χ4v) is 2.22. The van der Waals surface area contributed by atoms with Crippen molar-refractivity contribution in [2.45, 2.75) is 13.0 Å². The van der Waals surface area contributed by atoms with Crippen molar-refractivity contribution in [2.75, 3.05) is 0 Å². The van der Waals surface area contributed by atoms with E-state index in [1.54, 1.807) is 19.1 Å². The maximum absolute atomic E-state index is 13.2. The lowest BCUT2D eigenvalue weighted by Gasteiger charge is -2.14. The molecule has 0 aliphatic rings. The van der Waals surface area contributed by atoms with Crippen LogP contribution in [0, 0.1) is 12.7 Å². The van der Waals surface area contributed by atoms with Crippen LogP contribution in [-0.2, 0) is 0 Å². The van der Waals surface area contributed by atoms with E-state index in [4.69, 9.17) is 0 Å². The van der Waals surface area contributed by atoms with Gasteiger partial charge in [0.2, 0.25) is 0 Å². The van der Waals surface area contributed by atoms with E-state index in [9.17, 15) is 9.50 Å². The van der Waals surface area contributed by atoms with Crippen molar-refractivity contribution in [1.82, 2.24) is 0 Å². The Morgan fingerprint density at radius 2 is 1.88 bits per heavy atom. The second kappa shape index (κ2) is 4.98. The average Bonchev–Trinajstić information content (AvgIpc) is 2.32. The van der Waals surface area contributed by atoms with Crippen molar-refractivity contribution >= 4 is 15.9 Å². The largest absolute Gasteiger partial charge is 0.384 e. The standard InChI is InChI=1S/C14H12BrFO/c1-9-8-10(6-7-13(9)16)14(17)11-4-2-3-5-12(11)15/h2-8,14,17H,1H3/t14-/m1/s1. The van der Waals surface area contributed by atoms with Crippen molar-refractivity contribution < 1.29 is 9.50 Å². The van der Waals surface area contributed by atoms with Crippen molar-refractivity contribution in [3.05, 3.63) is 69.4 Å². The summed E-state index contributed by atoms with van der Waals surface area (Å²) in [6, 6.07) is 12.1. The maximum Gasteiger partial charge on any atom is 0.126 e. The Labute approximate surface area is 108 Å². The van der Waals surface area contributed by atoms with Gasteiger partial charge in [0.15, 0.2) is 0 Å². The Balaban J connectivity index is 2.40. The first-order valence-corrected chi connectivity index (χ1v) is 6.07. The molecule has 0 saturated heterocycles. The van der Waals surface area contributed by atoms with E-state index in [0.717, 1.165) is 10.0 Å². The highest BCUT2D eigenvalue weighted by Crippen LogP contribution is 2.28. The molecule has 0 aromatic heterocycles. The van der Waals surface area contributed by atoms with Crippen LogP contribution in [0.2, 0.25) is 0 Å². The Bertz CT molecular complexity index is 539. The number of aliphatic hydroxyl groups excluding tert-OH is 1. The van der Waals surface area contributed by atoms with Crippen LogP contribution in [0.25, 0.3) is 0 Å². The molecule has 88 valence electrons. The number of benzene rings is 2. The van der Waals surface area contributed by atoms with Crippen LogP contribution in [0.3, 0.4) is 0 Å². The smallest absolute Gasteiger partial charge is 0.126 e. The first-order valence-electron chi connectivity index (χ1n) is 5.28. The fourth-order valence-electron chi connectivity index (χ4n) is 1.71. The maximum atomic E-state index is 13.2. The monoisotopic (exact) mass is 294 g/mol. The van der Waals surface area contributed by atoms with E-state index < -0.39 is 6.10 Å². The van der Waals surface area contributed by atoms with Crippen molar-refractivity contribution in [3.8, 4) is 0 Å². The number of aliphatic hydroxyl groups is 1. The van der Waals surface area contributed by atoms with Crippen molar-refractivity contribution in [1.29, 1.82) is 0 Å². The Morgan fingerprint density at radius 3 is 2.53 bits per heavy atom. The molecule has 17 heavy (non-hydrogen) atoms. The molecule has 2 aromatic carbocycles. The van der Waals surface area contributed by atoms with Gasteiger partial charge in [-0.3, -0.25) is 0 Å². The van der Waals surface area contributed by atoms with Crippen LogP contribution in [0.5, 0.6) is 0 Å². The van der Waals surface area contributed by atoms with Crippen LogP contribution < -0.4 is 0 Å². The van der Waals surface area contributed by atoms with E-state index in [-0.39, 0.29) is 5.82 Å². The van der Waals surface area contributed by atoms with Crippen molar-refractivity contribution in [2.24, 2.45) is 0 Å². The Hall–Kier alpha value is -1.19. The highest BCUT2D eigenvalue weighted by molar-refractivity contribution is 9.10. The second-order valence-corrected chi connectivity index (χ2v) is 4.79. The number of hydrogen-bond acceptors (Lipinski definition) is 1. The molecule has 0 aliphatic heterocycles. The van der Waals surface area contributed by atoms with E-state index in [0.29, 0.717) is 11.1 Å². The molecule has 0 spiro atoms. The highest BCUT2D eigenvalue weighted by Gasteiger charge is 2.13. The van der Waals surface area contributed by atoms with Gasteiger partial charge in [-0.2, -0.15) is 0 Å². The minimum Gasteiger partial charge on any atom is -0.384 e. The molecule has 1 N–H and O–H groups in total. The fraction of sp³-hybridized carbons (Fsp3) is 0.143. The topological polar surface area (TPSA) is 20.2 Å². The zero-order chi connectivity index (χ0) is 12.4. The van der Waals surface area contributed by atoms with E-state index >= 15 is 0 Å². The molecule has 2 rings (SSSR count). The summed E-state index contributed by atoms with van der Waals surface area (Å²) < 4.78 is 14.0. The SMILES string of the molecule is Cc1cc([C@@H](O)c2ccccc2Br)ccc1F. The minimum absolute atomic E-state index is 0.256. The lowest BCUT2D eigenvalue weighted by molar-refractivity contribution is 0.219. The van der Waals surface area contributed by atoms with Gasteiger partial charge in [0, 0.05) is 4.47 Å². The highest BCUT2D eigenvalue weighted by atomic mass is 79.9. The van der Waals surface area contributed by atoms with Gasteiger partial charge in [0.1, 0.15) is 11.9 Å². The number of hydrogen-bond donors (Lipinski definition) is 1. The third-order valence-corrected chi connectivity index (χ3v) is 3.42. The van der Waals surface area contributed by atoms with Crippen molar-refractivity contribution in [3.63, 3.8) is 0 Å². The minimum atomic E-state index is -0.745. The molecule has 0 heterocycles. The first kappa shape index (κ1) is 12.3. The van der Waals surface area contributed by atoms with Gasteiger partial charge in [-0.05, 0) is 35.7 Å². The molecule has 0 unspecified atom stereocenters. The molecule has 0 amide bonds. The predicted octanol–water partition coefficient (Wildman–Crippen LogP) is 3.98. The summed E-state index contributed by atoms with van der Waals surface area (Å²) in [6.45, 7) is 1.69. The zero-order valence-electron chi connectivity index (χ0n) is 9.32. The quantitative estimate of drug-likeness (QED) is 0.888. The van der Waals surface area contributed by atoms with Crippen LogP contribution in [0.15, 0.2) is 46.9 Å². The van der Waals surface area contributed by atoms with E-state index in [1.807, 2.05) is 24.3 Å². The van der Waals surface area contributed by atoms with Crippen LogP contribution >= 0.6 is 15.9 Å². The average molecular weight is 295 g/mol. The number of aryl methyl sites for hydroxylation is 1. The molecule has 1 nitrogen and oxygen atoms in total.